The molecule has 3 aromatic rings. The maximum atomic E-state index is 12.2. The first kappa shape index (κ1) is 17.6. The number of aromatic hydroxyl groups is 1. The Morgan fingerprint density at radius 3 is 2.68 bits per heavy atom. The number of carbonyl (C=O) groups is 1. The molecule has 1 heterocycles. The first-order valence-corrected chi connectivity index (χ1v) is 8.81. The summed E-state index contributed by atoms with van der Waals surface area (Å²) in [5.41, 5.74) is 4.21. The average Bonchev–Trinajstić information content (AvgIpc) is 3.03. The predicted octanol–water partition coefficient (Wildman–Crippen LogP) is 4.26. The van der Waals surface area contributed by atoms with Gasteiger partial charge in [-0.15, -0.1) is 0 Å². The summed E-state index contributed by atoms with van der Waals surface area (Å²) in [6, 6.07) is 19.8. The van der Waals surface area contributed by atoms with Crippen molar-refractivity contribution in [3.63, 3.8) is 0 Å². The van der Waals surface area contributed by atoms with E-state index in [1.165, 1.54) is 7.11 Å². The maximum Gasteiger partial charge on any atom is 0.251 e. The fraction of sp³-hybridized carbons (Fsp3) is 0.0909. The van der Waals surface area contributed by atoms with Crippen LogP contribution in [0.25, 0.3) is 0 Å². The Balaban J connectivity index is 1.47. The zero-order valence-corrected chi connectivity index (χ0v) is 15.2. The van der Waals surface area contributed by atoms with Gasteiger partial charge in [0.1, 0.15) is 6.04 Å². The highest BCUT2D eigenvalue weighted by atomic mass is 16.5. The molecule has 0 saturated carbocycles. The highest BCUT2D eigenvalue weighted by Crippen LogP contribution is 2.33. The summed E-state index contributed by atoms with van der Waals surface area (Å²) < 4.78 is 5.10. The molecule has 1 atom stereocenters. The van der Waals surface area contributed by atoms with Gasteiger partial charge in [0.15, 0.2) is 11.5 Å². The van der Waals surface area contributed by atoms with Crippen LogP contribution in [-0.4, -0.2) is 24.3 Å². The van der Waals surface area contributed by atoms with E-state index < -0.39 is 6.04 Å². The fourth-order valence-corrected chi connectivity index (χ4v) is 3.09. The lowest BCUT2D eigenvalue weighted by molar-refractivity contribution is -0.116. The van der Waals surface area contributed by atoms with E-state index in [9.17, 15) is 9.90 Å². The van der Waals surface area contributed by atoms with Crippen LogP contribution in [0.3, 0.4) is 0 Å². The summed E-state index contributed by atoms with van der Waals surface area (Å²) in [7, 11) is 1.50. The number of phenols is 1. The van der Waals surface area contributed by atoms with Gasteiger partial charge in [-0.2, -0.15) is 0 Å². The van der Waals surface area contributed by atoms with E-state index in [0.717, 1.165) is 28.2 Å². The number of rotatable bonds is 5. The smallest absolute Gasteiger partial charge is 0.251 e. The first-order chi connectivity index (χ1) is 13.6. The van der Waals surface area contributed by atoms with Crippen molar-refractivity contribution in [2.45, 2.75) is 6.04 Å². The molecule has 3 aromatic carbocycles. The van der Waals surface area contributed by atoms with E-state index in [-0.39, 0.29) is 11.7 Å². The van der Waals surface area contributed by atoms with Crippen LogP contribution in [0.4, 0.5) is 17.1 Å². The molecule has 1 unspecified atom stereocenters. The van der Waals surface area contributed by atoms with Crippen molar-refractivity contribution in [3.05, 3.63) is 77.9 Å². The Bertz CT molecular complexity index is 1050. The molecule has 28 heavy (non-hydrogen) atoms. The summed E-state index contributed by atoms with van der Waals surface area (Å²) in [5.74, 6) is 0.427. The molecule has 0 saturated heterocycles. The minimum atomic E-state index is -0.407. The Hall–Kier alpha value is -3.80. The number of anilines is 2. The lowest BCUT2D eigenvalue weighted by atomic mass is 10.1. The van der Waals surface area contributed by atoms with Gasteiger partial charge in [-0.1, -0.05) is 18.2 Å². The number of phenolic OH excluding ortho intramolecular Hbond substituents is 1. The number of hydrogen-bond acceptors (Lipinski definition) is 5. The second kappa shape index (κ2) is 7.44. The van der Waals surface area contributed by atoms with Gasteiger partial charge in [0.2, 0.25) is 0 Å². The first-order valence-electron chi connectivity index (χ1n) is 8.81. The molecule has 0 fully saturated rings. The second-order valence-electron chi connectivity index (χ2n) is 6.39. The zero-order chi connectivity index (χ0) is 19.5. The molecule has 0 aromatic heterocycles. The third kappa shape index (κ3) is 3.53. The highest BCUT2D eigenvalue weighted by Gasteiger charge is 2.29. The second-order valence-corrected chi connectivity index (χ2v) is 6.39. The molecular formula is C22H19N3O3. The van der Waals surface area contributed by atoms with Crippen LogP contribution in [0.15, 0.2) is 71.7 Å². The number of aliphatic imine (C=N–C) groups is 1. The molecule has 0 bridgehead atoms. The summed E-state index contributed by atoms with van der Waals surface area (Å²) in [6.07, 6.45) is 1.70. The van der Waals surface area contributed by atoms with E-state index in [2.05, 4.69) is 15.6 Å². The third-order valence-corrected chi connectivity index (χ3v) is 4.54. The van der Waals surface area contributed by atoms with Gasteiger partial charge in [-0.3, -0.25) is 9.79 Å². The van der Waals surface area contributed by atoms with Gasteiger partial charge in [-0.25, -0.2) is 0 Å². The number of methoxy groups -OCH3 is 1. The largest absolute Gasteiger partial charge is 0.504 e. The standard InChI is InChI=1S/C22H19N3O3/c1-28-20-12-14(6-11-19(20)26)13-23-15-7-9-16(10-8-15)24-21-17-4-2-3-5-18(17)25-22(21)27/h2-13,21,24,26H,1H3,(H,25,27). The van der Waals surface area contributed by atoms with Gasteiger partial charge in [0.25, 0.3) is 5.91 Å². The Kier molecular flexibility index (Phi) is 4.68. The van der Waals surface area contributed by atoms with Crippen molar-refractivity contribution in [1.82, 2.24) is 0 Å². The lowest BCUT2D eigenvalue weighted by Crippen LogP contribution is -2.19. The molecule has 1 aliphatic heterocycles. The molecule has 6 heteroatoms. The molecule has 0 radical (unpaired) electrons. The van der Waals surface area contributed by atoms with Gasteiger partial charge < -0.3 is 20.5 Å². The van der Waals surface area contributed by atoms with E-state index in [0.29, 0.717) is 5.75 Å². The Morgan fingerprint density at radius 2 is 1.89 bits per heavy atom. The van der Waals surface area contributed by atoms with Crippen molar-refractivity contribution in [2.75, 3.05) is 17.7 Å². The van der Waals surface area contributed by atoms with Gasteiger partial charge in [-0.05, 0) is 54.1 Å². The molecule has 4 rings (SSSR count). The van der Waals surface area contributed by atoms with E-state index in [4.69, 9.17) is 4.74 Å². The van der Waals surface area contributed by atoms with E-state index >= 15 is 0 Å². The molecule has 3 N–H and O–H groups in total. The van der Waals surface area contributed by atoms with Crippen molar-refractivity contribution < 1.29 is 14.6 Å². The van der Waals surface area contributed by atoms with Crippen molar-refractivity contribution in [1.29, 1.82) is 0 Å². The molecule has 140 valence electrons. The van der Waals surface area contributed by atoms with Crippen molar-refractivity contribution in [3.8, 4) is 11.5 Å². The quantitative estimate of drug-likeness (QED) is 0.584. The molecule has 0 spiro atoms. The number of nitrogens with one attached hydrogen (secondary N) is 2. The van der Waals surface area contributed by atoms with Crippen LogP contribution >= 0.6 is 0 Å². The maximum absolute atomic E-state index is 12.2. The number of para-hydroxylation sites is 1. The average molecular weight is 373 g/mol. The topological polar surface area (TPSA) is 83.0 Å². The van der Waals surface area contributed by atoms with Gasteiger partial charge in [0, 0.05) is 23.2 Å². The molecule has 1 amide bonds. The number of fused-ring (bicyclic) bond motifs is 1. The monoisotopic (exact) mass is 373 g/mol. The zero-order valence-electron chi connectivity index (χ0n) is 15.2. The molecule has 0 aliphatic carbocycles. The number of amides is 1. The highest BCUT2D eigenvalue weighted by molar-refractivity contribution is 6.04. The number of nitrogens with zero attached hydrogens (tertiary/aromatic N) is 1. The molecule has 1 aliphatic rings. The number of ether oxygens (including phenoxy) is 1. The third-order valence-electron chi connectivity index (χ3n) is 4.54. The number of carbonyl (C=O) groups excluding carboxylic acids is 1. The summed E-state index contributed by atoms with van der Waals surface area (Å²) in [4.78, 5) is 16.6. The Labute approximate surface area is 162 Å². The van der Waals surface area contributed by atoms with Crippen LogP contribution in [0.1, 0.15) is 17.2 Å². The minimum Gasteiger partial charge on any atom is -0.504 e. The predicted molar refractivity (Wildman–Crippen MR) is 110 cm³/mol. The SMILES string of the molecule is COc1cc(C=Nc2ccc(NC3C(=O)Nc4ccccc43)cc2)ccc1O. The fourth-order valence-electron chi connectivity index (χ4n) is 3.09. The van der Waals surface area contributed by atoms with Crippen LogP contribution in [0.5, 0.6) is 11.5 Å². The van der Waals surface area contributed by atoms with E-state index in [1.807, 2.05) is 48.5 Å². The Morgan fingerprint density at radius 1 is 1.11 bits per heavy atom. The molecule has 6 nitrogen and oxygen atoms in total. The summed E-state index contributed by atoms with van der Waals surface area (Å²) in [6.45, 7) is 0. The van der Waals surface area contributed by atoms with Crippen LogP contribution in [0, 0.1) is 0 Å². The van der Waals surface area contributed by atoms with Gasteiger partial charge in [0.05, 0.1) is 12.8 Å². The lowest BCUT2D eigenvalue weighted by Gasteiger charge is -2.13. The summed E-state index contributed by atoms with van der Waals surface area (Å²) >= 11 is 0. The van der Waals surface area contributed by atoms with Gasteiger partial charge >= 0.3 is 0 Å². The normalized spacial score (nSPS) is 15.3. The van der Waals surface area contributed by atoms with Crippen LogP contribution < -0.4 is 15.4 Å². The van der Waals surface area contributed by atoms with Crippen molar-refractivity contribution >= 4 is 29.2 Å². The summed E-state index contributed by atoms with van der Waals surface area (Å²) in [5, 5.41) is 15.8. The van der Waals surface area contributed by atoms with Crippen molar-refractivity contribution in [2.24, 2.45) is 4.99 Å². The number of benzene rings is 3. The number of hydrogen-bond donors (Lipinski definition) is 3. The molecular weight excluding hydrogens is 354 g/mol. The minimum absolute atomic E-state index is 0.0652. The van der Waals surface area contributed by atoms with E-state index in [1.54, 1.807) is 24.4 Å². The van der Waals surface area contributed by atoms with Crippen LogP contribution in [-0.2, 0) is 4.79 Å². The van der Waals surface area contributed by atoms with Crippen LogP contribution in [0.2, 0.25) is 0 Å².